The molecule has 0 spiro atoms. The maximum Gasteiger partial charge on any atom is 0.238 e. The molecule has 0 aliphatic rings. The molecule has 0 aliphatic carbocycles. The van der Waals surface area contributed by atoms with Gasteiger partial charge >= 0.3 is 0 Å². The molecule has 1 heterocycles. The van der Waals surface area contributed by atoms with Gasteiger partial charge in [-0.25, -0.2) is 4.98 Å². The van der Waals surface area contributed by atoms with Crippen molar-refractivity contribution < 1.29 is 9.78 Å². The summed E-state index contributed by atoms with van der Waals surface area (Å²) < 4.78 is 0. The van der Waals surface area contributed by atoms with Gasteiger partial charge in [0.25, 0.3) is 0 Å². The van der Waals surface area contributed by atoms with E-state index >= 15 is 0 Å². The zero-order chi connectivity index (χ0) is 12.8. The van der Waals surface area contributed by atoms with Crippen molar-refractivity contribution in [3.8, 4) is 0 Å². The second kappa shape index (κ2) is 6.21. The van der Waals surface area contributed by atoms with E-state index in [1.807, 2.05) is 55.6 Å². The van der Waals surface area contributed by atoms with Crippen molar-refractivity contribution >= 4 is 23.4 Å². The van der Waals surface area contributed by atoms with Crippen molar-refractivity contribution in [1.82, 2.24) is 0 Å². The highest BCUT2D eigenvalue weighted by atomic mass is 32.2. The maximum atomic E-state index is 11.7. The van der Waals surface area contributed by atoms with Gasteiger partial charge in [-0.05, 0) is 36.9 Å². The van der Waals surface area contributed by atoms with Crippen LogP contribution in [0.25, 0.3) is 0 Å². The van der Waals surface area contributed by atoms with Gasteiger partial charge in [0.05, 0.1) is 5.75 Å². The lowest BCUT2D eigenvalue weighted by atomic mass is 10.2. The van der Waals surface area contributed by atoms with Crippen molar-refractivity contribution in [2.24, 2.45) is 0 Å². The van der Waals surface area contributed by atoms with Crippen molar-refractivity contribution in [1.29, 1.82) is 0 Å². The van der Waals surface area contributed by atoms with Gasteiger partial charge in [0.1, 0.15) is 0 Å². The van der Waals surface area contributed by atoms with Gasteiger partial charge in [0.15, 0.2) is 6.20 Å². The largest absolute Gasteiger partial charge is 0.325 e. The van der Waals surface area contributed by atoms with Crippen molar-refractivity contribution in [3.63, 3.8) is 0 Å². The Kier molecular flexibility index (Phi) is 4.36. The maximum absolute atomic E-state index is 11.7. The first-order valence-corrected chi connectivity index (χ1v) is 6.68. The molecule has 18 heavy (non-hydrogen) atoms. The monoisotopic (exact) mass is 259 g/mol. The minimum absolute atomic E-state index is 0.00102. The Morgan fingerprint density at radius 2 is 2.00 bits per heavy atom. The van der Waals surface area contributed by atoms with E-state index in [9.17, 15) is 4.79 Å². The molecule has 0 saturated heterocycles. The molecule has 0 bridgehead atoms. The Hall–Kier alpha value is -1.81. The molecule has 92 valence electrons. The lowest BCUT2D eigenvalue weighted by Crippen LogP contribution is -2.15. The average molecular weight is 259 g/mol. The highest BCUT2D eigenvalue weighted by Crippen LogP contribution is 2.13. The smallest absolute Gasteiger partial charge is 0.238 e. The van der Waals surface area contributed by atoms with Crippen LogP contribution < -0.4 is 10.3 Å². The standard InChI is InChI=1S/C14H14N2OS/c1-11-5-7-12(8-6-11)16-13(17)10-18-14-4-2-3-9-15-14/h2-9H,10H2,1H3,(H,16,17)/p+1. The quantitative estimate of drug-likeness (QED) is 0.857. The number of hydrogen-bond acceptors (Lipinski definition) is 2. The van der Waals surface area contributed by atoms with Crippen LogP contribution in [0, 0.1) is 6.92 Å². The van der Waals surface area contributed by atoms with Crippen LogP contribution in [0.4, 0.5) is 5.69 Å². The van der Waals surface area contributed by atoms with Crippen molar-refractivity contribution in [3.05, 3.63) is 54.2 Å². The lowest BCUT2D eigenvalue weighted by Gasteiger charge is -2.04. The summed E-state index contributed by atoms with van der Waals surface area (Å²) in [5.41, 5.74) is 2.02. The van der Waals surface area contributed by atoms with Gasteiger partial charge in [0.2, 0.25) is 10.9 Å². The topological polar surface area (TPSA) is 43.2 Å². The number of nitrogens with one attached hydrogen (secondary N) is 2. The molecular weight excluding hydrogens is 244 g/mol. The number of amides is 1. The van der Waals surface area contributed by atoms with Crippen LogP contribution in [0.15, 0.2) is 53.7 Å². The predicted octanol–water partition coefficient (Wildman–Crippen LogP) is 2.54. The third-order valence-corrected chi connectivity index (χ3v) is 3.35. The van der Waals surface area contributed by atoms with E-state index in [0.29, 0.717) is 5.75 Å². The minimum Gasteiger partial charge on any atom is -0.325 e. The van der Waals surface area contributed by atoms with Crippen LogP contribution in [0.3, 0.4) is 0 Å². The summed E-state index contributed by atoms with van der Waals surface area (Å²) in [5.74, 6) is 0.398. The molecule has 1 aromatic heterocycles. The van der Waals surface area contributed by atoms with Gasteiger partial charge in [-0.15, -0.1) is 0 Å². The SMILES string of the molecule is Cc1ccc(NC(=O)CSc2cccc[nH+]2)cc1. The fraction of sp³-hybridized carbons (Fsp3) is 0.143. The molecule has 2 rings (SSSR count). The second-order valence-corrected chi connectivity index (χ2v) is 4.95. The predicted molar refractivity (Wildman–Crippen MR) is 73.5 cm³/mol. The summed E-state index contributed by atoms with van der Waals surface area (Å²) in [6.45, 7) is 2.02. The number of aromatic nitrogens is 1. The highest BCUT2D eigenvalue weighted by molar-refractivity contribution is 7.99. The Balaban J connectivity index is 1.84. The fourth-order valence-corrected chi connectivity index (χ4v) is 2.13. The highest BCUT2D eigenvalue weighted by Gasteiger charge is 2.06. The molecular formula is C14H15N2OS+. The normalized spacial score (nSPS) is 10.1. The van der Waals surface area contributed by atoms with E-state index in [1.54, 1.807) is 0 Å². The Morgan fingerprint density at radius 3 is 2.67 bits per heavy atom. The number of rotatable bonds is 4. The Labute approximate surface area is 111 Å². The number of pyridine rings is 1. The van der Waals surface area contributed by atoms with E-state index in [0.717, 1.165) is 10.7 Å². The van der Waals surface area contributed by atoms with Crippen LogP contribution in [-0.4, -0.2) is 11.7 Å². The van der Waals surface area contributed by atoms with E-state index in [-0.39, 0.29) is 5.91 Å². The molecule has 2 N–H and O–H groups in total. The number of aryl methyl sites for hydroxylation is 1. The van der Waals surface area contributed by atoms with E-state index in [2.05, 4.69) is 10.3 Å². The van der Waals surface area contributed by atoms with Gasteiger partial charge in [-0.2, -0.15) is 0 Å². The Bertz CT molecular complexity index is 511. The molecule has 3 nitrogen and oxygen atoms in total. The summed E-state index contributed by atoms with van der Waals surface area (Å²) >= 11 is 1.48. The average Bonchev–Trinajstić information content (AvgIpc) is 2.40. The van der Waals surface area contributed by atoms with Gasteiger partial charge in [-0.1, -0.05) is 17.7 Å². The lowest BCUT2D eigenvalue weighted by molar-refractivity contribution is -0.426. The zero-order valence-electron chi connectivity index (χ0n) is 10.1. The van der Waals surface area contributed by atoms with E-state index in [4.69, 9.17) is 0 Å². The molecule has 1 amide bonds. The minimum atomic E-state index is 0.00102. The summed E-state index contributed by atoms with van der Waals surface area (Å²) in [5, 5.41) is 3.85. The fourth-order valence-electron chi connectivity index (χ4n) is 1.44. The summed E-state index contributed by atoms with van der Waals surface area (Å²) in [6.07, 6.45) is 1.85. The molecule has 0 unspecified atom stereocenters. The molecule has 0 aliphatic heterocycles. The molecule has 1 aromatic carbocycles. The summed E-state index contributed by atoms with van der Waals surface area (Å²) in [7, 11) is 0. The number of anilines is 1. The van der Waals surface area contributed by atoms with Crippen LogP contribution in [0.2, 0.25) is 0 Å². The van der Waals surface area contributed by atoms with E-state index < -0.39 is 0 Å². The number of aromatic amines is 1. The summed E-state index contributed by atoms with van der Waals surface area (Å²) in [4.78, 5) is 14.8. The first-order chi connectivity index (χ1) is 8.74. The van der Waals surface area contributed by atoms with Gasteiger partial charge < -0.3 is 5.32 Å². The molecule has 4 heteroatoms. The molecule has 0 atom stereocenters. The Morgan fingerprint density at radius 1 is 1.22 bits per heavy atom. The number of thioether (sulfide) groups is 1. The number of H-pyrrole nitrogens is 1. The third-order valence-electron chi connectivity index (χ3n) is 2.37. The number of carbonyl (C=O) groups is 1. The third kappa shape index (κ3) is 3.89. The first-order valence-electron chi connectivity index (χ1n) is 5.70. The first kappa shape index (κ1) is 12.6. The van der Waals surface area contributed by atoms with E-state index in [1.165, 1.54) is 17.3 Å². The number of benzene rings is 1. The summed E-state index contributed by atoms with van der Waals surface area (Å²) in [6, 6.07) is 13.6. The van der Waals surface area contributed by atoms with Crippen molar-refractivity contribution in [2.45, 2.75) is 11.9 Å². The van der Waals surface area contributed by atoms with Gasteiger partial charge in [-0.3, -0.25) is 4.79 Å². The van der Waals surface area contributed by atoms with Crippen LogP contribution in [-0.2, 0) is 4.79 Å². The molecule has 2 aromatic rings. The number of hydrogen-bond donors (Lipinski definition) is 1. The molecule has 0 saturated carbocycles. The number of carbonyl (C=O) groups excluding carboxylic acids is 1. The second-order valence-electron chi connectivity index (χ2n) is 3.93. The van der Waals surface area contributed by atoms with Crippen molar-refractivity contribution in [2.75, 3.05) is 11.1 Å². The van der Waals surface area contributed by atoms with Gasteiger partial charge in [0, 0.05) is 17.8 Å². The van der Waals surface area contributed by atoms with Crippen LogP contribution in [0.1, 0.15) is 5.56 Å². The molecule has 0 fully saturated rings. The molecule has 0 radical (unpaired) electrons. The van der Waals surface area contributed by atoms with Crippen LogP contribution in [0.5, 0.6) is 0 Å². The van der Waals surface area contributed by atoms with Crippen LogP contribution >= 0.6 is 11.8 Å². The zero-order valence-corrected chi connectivity index (χ0v) is 11.0.